The molecule has 166 valence electrons. The number of aromatic amines is 1. The summed E-state index contributed by atoms with van der Waals surface area (Å²) in [6, 6.07) is 4.11. The van der Waals surface area contributed by atoms with E-state index in [-0.39, 0.29) is 0 Å². The molecule has 1 fully saturated rings. The van der Waals surface area contributed by atoms with Crippen molar-refractivity contribution in [3.05, 3.63) is 77.5 Å². The number of hydrogen-bond donors (Lipinski definition) is 1. The molecular weight excluding hydrogens is 420 g/mol. The summed E-state index contributed by atoms with van der Waals surface area (Å²) >= 11 is 6.62. The minimum atomic E-state index is 0.648. The number of H-pyrrole nitrogens is 1. The van der Waals surface area contributed by atoms with Gasteiger partial charge in [0, 0.05) is 45.1 Å². The number of imidazole rings is 1. The smallest absolute Gasteiger partial charge is 0.180 e. The summed E-state index contributed by atoms with van der Waals surface area (Å²) in [6.07, 6.45) is 12.4. The van der Waals surface area contributed by atoms with Gasteiger partial charge < -0.3 is 9.88 Å². The zero-order chi connectivity index (χ0) is 22.5. The lowest BCUT2D eigenvalue weighted by Gasteiger charge is -2.36. The van der Waals surface area contributed by atoms with E-state index in [9.17, 15) is 0 Å². The van der Waals surface area contributed by atoms with E-state index in [1.807, 2.05) is 31.5 Å². The monoisotopic (exact) mass is 448 g/mol. The summed E-state index contributed by atoms with van der Waals surface area (Å²) in [5.74, 6) is 0.807. The summed E-state index contributed by atoms with van der Waals surface area (Å²) in [7, 11) is 0. The Morgan fingerprint density at radius 2 is 2.03 bits per heavy atom. The summed E-state index contributed by atoms with van der Waals surface area (Å²) in [6.45, 7) is 12.6. The molecule has 0 saturated carbocycles. The van der Waals surface area contributed by atoms with E-state index in [0.29, 0.717) is 10.7 Å². The predicted molar refractivity (Wildman–Crippen MR) is 133 cm³/mol. The van der Waals surface area contributed by atoms with Crippen molar-refractivity contribution in [2.24, 2.45) is 0 Å². The second-order valence-electron chi connectivity index (χ2n) is 8.01. The van der Waals surface area contributed by atoms with E-state index in [2.05, 4.69) is 56.5 Å². The average Bonchev–Trinajstić information content (AvgIpc) is 3.25. The zero-order valence-corrected chi connectivity index (χ0v) is 19.4. The summed E-state index contributed by atoms with van der Waals surface area (Å²) < 4.78 is 0. The van der Waals surface area contributed by atoms with Gasteiger partial charge in [-0.3, -0.25) is 9.88 Å². The van der Waals surface area contributed by atoms with Crippen LogP contribution in [0.2, 0.25) is 5.02 Å². The van der Waals surface area contributed by atoms with Crippen molar-refractivity contribution in [3.63, 3.8) is 0 Å². The van der Waals surface area contributed by atoms with E-state index >= 15 is 0 Å². The molecule has 0 amide bonds. The van der Waals surface area contributed by atoms with E-state index in [1.165, 1.54) is 11.1 Å². The Labute approximate surface area is 194 Å². The second kappa shape index (κ2) is 10.1. The van der Waals surface area contributed by atoms with Gasteiger partial charge in [0.15, 0.2) is 5.65 Å². The molecule has 1 aliphatic heterocycles. The Morgan fingerprint density at radius 3 is 2.72 bits per heavy atom. The molecule has 4 rings (SSSR count). The Bertz CT molecular complexity index is 1140. The number of aromatic nitrogens is 4. The standard InChI is InChI=1S/C25H29ClN6/c1-4-19(5-2)9-8-18(3)24-29-22-23(21(26)16-28-25(22)30-24)32-13-11-31(12-14-32)17-20-7-6-10-27-15-20/h4,6-10,15-16H,1,5,11-14,17H2,2-3H3,(H,28,29,30)/b18-8+,19-9+. The highest BCUT2D eigenvalue weighted by atomic mass is 35.5. The molecular formula is C25H29ClN6. The van der Waals surface area contributed by atoms with Crippen molar-refractivity contribution in [2.75, 3.05) is 31.1 Å². The quantitative estimate of drug-likeness (QED) is 0.500. The first-order valence-corrected chi connectivity index (χ1v) is 11.4. The van der Waals surface area contributed by atoms with Crippen LogP contribution in [0.1, 0.15) is 31.7 Å². The Balaban J connectivity index is 1.54. The fraction of sp³-hybridized carbons (Fsp3) is 0.320. The van der Waals surface area contributed by atoms with Crippen LogP contribution in [0.4, 0.5) is 5.69 Å². The van der Waals surface area contributed by atoms with Gasteiger partial charge in [-0.15, -0.1) is 0 Å². The SMILES string of the molecule is C=C/C(=C\C=C(/C)c1nc2ncc(Cl)c(N3CCN(Cc4cccnc4)CC3)c2[nH]1)CC. The highest BCUT2D eigenvalue weighted by molar-refractivity contribution is 6.34. The first-order valence-electron chi connectivity index (χ1n) is 11.0. The number of nitrogens with zero attached hydrogens (tertiary/aromatic N) is 5. The minimum Gasteiger partial charge on any atom is -0.366 e. The van der Waals surface area contributed by atoms with Crippen LogP contribution in [0, 0.1) is 0 Å². The van der Waals surface area contributed by atoms with Crippen LogP contribution < -0.4 is 4.90 Å². The van der Waals surface area contributed by atoms with E-state index < -0.39 is 0 Å². The molecule has 32 heavy (non-hydrogen) atoms. The van der Waals surface area contributed by atoms with Crippen LogP contribution in [0.3, 0.4) is 0 Å². The third-order valence-electron chi connectivity index (χ3n) is 5.86. The lowest BCUT2D eigenvalue weighted by molar-refractivity contribution is 0.250. The van der Waals surface area contributed by atoms with E-state index in [1.54, 1.807) is 6.20 Å². The Morgan fingerprint density at radius 1 is 1.22 bits per heavy atom. The van der Waals surface area contributed by atoms with Gasteiger partial charge in [-0.1, -0.05) is 49.4 Å². The predicted octanol–water partition coefficient (Wildman–Crippen LogP) is 5.25. The van der Waals surface area contributed by atoms with Gasteiger partial charge in [0.05, 0.1) is 16.9 Å². The van der Waals surface area contributed by atoms with Gasteiger partial charge in [0.1, 0.15) is 11.3 Å². The molecule has 0 aliphatic carbocycles. The van der Waals surface area contributed by atoms with Crippen molar-refractivity contribution >= 4 is 34.0 Å². The summed E-state index contributed by atoms with van der Waals surface area (Å²) in [4.78, 5) is 21.6. The molecule has 0 bridgehead atoms. The number of hydrogen-bond acceptors (Lipinski definition) is 5. The van der Waals surface area contributed by atoms with E-state index in [0.717, 1.165) is 61.7 Å². The zero-order valence-electron chi connectivity index (χ0n) is 18.7. The third-order valence-corrected chi connectivity index (χ3v) is 6.13. The fourth-order valence-electron chi connectivity index (χ4n) is 3.94. The van der Waals surface area contributed by atoms with Crippen molar-refractivity contribution in [1.29, 1.82) is 0 Å². The van der Waals surface area contributed by atoms with Crippen molar-refractivity contribution in [1.82, 2.24) is 24.8 Å². The number of fused-ring (bicyclic) bond motifs is 1. The van der Waals surface area contributed by atoms with Crippen LogP contribution in [-0.2, 0) is 6.54 Å². The van der Waals surface area contributed by atoms with Gasteiger partial charge in [-0.2, -0.15) is 0 Å². The molecule has 0 atom stereocenters. The number of nitrogens with one attached hydrogen (secondary N) is 1. The average molecular weight is 449 g/mol. The summed E-state index contributed by atoms with van der Waals surface area (Å²) in [5, 5.41) is 0.648. The van der Waals surface area contributed by atoms with Gasteiger partial charge in [0.25, 0.3) is 0 Å². The largest absolute Gasteiger partial charge is 0.366 e. The Kier molecular flexibility index (Phi) is 7.02. The molecule has 4 heterocycles. The van der Waals surface area contributed by atoms with Crippen LogP contribution in [0.5, 0.6) is 0 Å². The Hall–Kier alpha value is -2.96. The molecule has 6 nitrogen and oxygen atoms in total. The van der Waals surface area contributed by atoms with Gasteiger partial charge >= 0.3 is 0 Å². The lowest BCUT2D eigenvalue weighted by Crippen LogP contribution is -2.46. The van der Waals surface area contributed by atoms with E-state index in [4.69, 9.17) is 16.6 Å². The third kappa shape index (κ3) is 4.92. The van der Waals surface area contributed by atoms with Gasteiger partial charge in [-0.25, -0.2) is 9.97 Å². The lowest BCUT2D eigenvalue weighted by atomic mass is 10.1. The number of anilines is 1. The van der Waals surface area contributed by atoms with Crippen molar-refractivity contribution < 1.29 is 0 Å². The molecule has 7 heteroatoms. The highest BCUT2D eigenvalue weighted by Gasteiger charge is 2.23. The normalized spacial score (nSPS) is 16.0. The highest BCUT2D eigenvalue weighted by Crippen LogP contribution is 2.33. The molecule has 3 aromatic heterocycles. The van der Waals surface area contributed by atoms with Gasteiger partial charge in [-0.05, 0) is 36.1 Å². The maximum absolute atomic E-state index is 6.62. The number of allylic oxidation sites excluding steroid dienone is 5. The molecule has 0 unspecified atom stereocenters. The van der Waals surface area contributed by atoms with Crippen LogP contribution in [0.25, 0.3) is 16.7 Å². The van der Waals surface area contributed by atoms with Crippen LogP contribution >= 0.6 is 11.6 Å². The minimum absolute atomic E-state index is 0.648. The number of halogens is 1. The maximum Gasteiger partial charge on any atom is 0.180 e. The van der Waals surface area contributed by atoms with Crippen LogP contribution in [0.15, 0.2) is 61.1 Å². The molecule has 0 aromatic carbocycles. The number of pyridine rings is 2. The first kappa shape index (κ1) is 22.2. The molecule has 0 radical (unpaired) electrons. The maximum atomic E-state index is 6.62. The number of piperazine rings is 1. The second-order valence-corrected chi connectivity index (χ2v) is 8.42. The summed E-state index contributed by atoms with van der Waals surface area (Å²) in [5.41, 5.74) is 6.03. The van der Waals surface area contributed by atoms with Crippen LogP contribution in [-0.4, -0.2) is 51.0 Å². The fourth-order valence-corrected chi connectivity index (χ4v) is 4.20. The molecule has 1 aliphatic rings. The van der Waals surface area contributed by atoms with Gasteiger partial charge in [0.2, 0.25) is 0 Å². The molecule has 0 spiro atoms. The van der Waals surface area contributed by atoms with Crippen molar-refractivity contribution in [3.8, 4) is 0 Å². The first-order chi connectivity index (χ1) is 15.6. The topological polar surface area (TPSA) is 60.9 Å². The molecule has 1 N–H and O–H groups in total. The van der Waals surface area contributed by atoms with Crippen molar-refractivity contribution in [2.45, 2.75) is 26.8 Å². The molecule has 3 aromatic rings. The molecule has 1 saturated heterocycles. The number of rotatable bonds is 7.